The van der Waals surface area contributed by atoms with Crippen molar-refractivity contribution in [2.75, 3.05) is 6.61 Å². The smallest absolute Gasteiger partial charge is 0.407 e. The standard InChI is InChI=1S/C25H26N4O5/c1-3-21(23(30)26-13-22-19(24(31)32)12-27-29(22)2)28-25(33)34-14-20-17-10-6-4-8-15(17)16-9-5-7-11-18(16)20/h4-12,20-21H,3,13-14H2,1-2H3,(H,26,30)(H,28,33)(H,31,32)/t21-/m1/s1. The molecule has 2 amide bonds. The second-order valence-electron chi connectivity index (χ2n) is 8.08. The van der Waals surface area contributed by atoms with Gasteiger partial charge in [0.1, 0.15) is 18.2 Å². The number of amides is 2. The predicted octanol–water partition coefficient (Wildman–Crippen LogP) is 3.05. The third-order valence-electron chi connectivity index (χ3n) is 6.08. The summed E-state index contributed by atoms with van der Waals surface area (Å²) >= 11 is 0. The van der Waals surface area contributed by atoms with Crippen molar-refractivity contribution in [2.45, 2.75) is 31.8 Å². The van der Waals surface area contributed by atoms with E-state index in [0.29, 0.717) is 12.1 Å². The first-order valence-corrected chi connectivity index (χ1v) is 11.0. The maximum atomic E-state index is 12.6. The van der Waals surface area contributed by atoms with Crippen LogP contribution in [0.5, 0.6) is 0 Å². The van der Waals surface area contributed by atoms with Crippen LogP contribution in [0.15, 0.2) is 54.7 Å². The van der Waals surface area contributed by atoms with E-state index >= 15 is 0 Å². The molecule has 0 fully saturated rings. The molecule has 0 unspecified atom stereocenters. The Morgan fingerprint density at radius 3 is 2.29 bits per heavy atom. The van der Waals surface area contributed by atoms with Crippen LogP contribution >= 0.6 is 0 Å². The third-order valence-corrected chi connectivity index (χ3v) is 6.08. The average molecular weight is 463 g/mol. The third kappa shape index (κ3) is 4.50. The molecule has 3 aromatic rings. The Balaban J connectivity index is 1.36. The van der Waals surface area contributed by atoms with E-state index in [9.17, 15) is 19.5 Å². The van der Waals surface area contributed by atoms with Gasteiger partial charge in [-0.1, -0.05) is 55.5 Å². The largest absolute Gasteiger partial charge is 0.478 e. The molecule has 176 valence electrons. The van der Waals surface area contributed by atoms with E-state index in [1.165, 1.54) is 10.9 Å². The summed E-state index contributed by atoms with van der Waals surface area (Å²) in [4.78, 5) is 36.5. The molecule has 1 heterocycles. The first kappa shape index (κ1) is 23.0. The van der Waals surface area contributed by atoms with Crippen LogP contribution in [0.25, 0.3) is 11.1 Å². The second kappa shape index (κ2) is 9.78. The molecule has 3 N–H and O–H groups in total. The molecule has 1 aliphatic carbocycles. The van der Waals surface area contributed by atoms with Gasteiger partial charge in [-0.15, -0.1) is 0 Å². The van der Waals surface area contributed by atoms with Crippen molar-refractivity contribution in [3.63, 3.8) is 0 Å². The molecule has 4 rings (SSSR count). The van der Waals surface area contributed by atoms with Crippen molar-refractivity contribution < 1.29 is 24.2 Å². The zero-order chi connectivity index (χ0) is 24.2. The van der Waals surface area contributed by atoms with Gasteiger partial charge < -0.3 is 20.5 Å². The van der Waals surface area contributed by atoms with Gasteiger partial charge in [0.15, 0.2) is 0 Å². The Hall–Kier alpha value is -4.14. The van der Waals surface area contributed by atoms with Crippen LogP contribution < -0.4 is 10.6 Å². The fraction of sp³-hybridized carbons (Fsp3) is 0.280. The number of aryl methyl sites for hydroxylation is 1. The van der Waals surface area contributed by atoms with E-state index in [2.05, 4.69) is 27.9 Å². The van der Waals surface area contributed by atoms with E-state index in [0.717, 1.165) is 22.3 Å². The summed E-state index contributed by atoms with van der Waals surface area (Å²) < 4.78 is 6.91. The van der Waals surface area contributed by atoms with Crippen LogP contribution in [0.3, 0.4) is 0 Å². The minimum atomic E-state index is -1.12. The maximum Gasteiger partial charge on any atom is 0.407 e. The number of hydrogen-bond acceptors (Lipinski definition) is 5. The van der Waals surface area contributed by atoms with E-state index in [4.69, 9.17) is 4.74 Å². The molecule has 1 atom stereocenters. The molecular formula is C25H26N4O5. The molecule has 1 aliphatic rings. The summed E-state index contributed by atoms with van der Waals surface area (Å²) in [6.45, 7) is 1.88. The Morgan fingerprint density at radius 2 is 1.71 bits per heavy atom. The highest BCUT2D eigenvalue weighted by Gasteiger charge is 2.29. The number of nitrogens with zero attached hydrogens (tertiary/aromatic N) is 2. The van der Waals surface area contributed by atoms with Crippen LogP contribution in [0.4, 0.5) is 4.79 Å². The number of aromatic carboxylic acids is 1. The summed E-state index contributed by atoms with van der Waals surface area (Å²) in [5.74, 6) is -1.64. The molecule has 0 bridgehead atoms. The zero-order valence-corrected chi connectivity index (χ0v) is 18.9. The Labute approximate surface area is 196 Å². The van der Waals surface area contributed by atoms with Crippen molar-refractivity contribution in [3.05, 3.63) is 77.1 Å². The number of carbonyl (C=O) groups is 3. The lowest BCUT2D eigenvalue weighted by Gasteiger charge is -2.19. The fourth-order valence-electron chi connectivity index (χ4n) is 4.28. The van der Waals surface area contributed by atoms with Crippen molar-refractivity contribution in [1.82, 2.24) is 20.4 Å². The highest BCUT2D eigenvalue weighted by Crippen LogP contribution is 2.44. The van der Waals surface area contributed by atoms with Gasteiger partial charge >= 0.3 is 12.1 Å². The van der Waals surface area contributed by atoms with Crippen LogP contribution in [-0.4, -0.2) is 45.5 Å². The normalized spacial score (nSPS) is 13.0. The van der Waals surface area contributed by atoms with Gasteiger partial charge in [-0.2, -0.15) is 5.10 Å². The van der Waals surface area contributed by atoms with Gasteiger partial charge in [-0.25, -0.2) is 9.59 Å². The van der Waals surface area contributed by atoms with Gasteiger partial charge in [0.2, 0.25) is 5.91 Å². The highest BCUT2D eigenvalue weighted by atomic mass is 16.5. The first-order chi connectivity index (χ1) is 16.4. The minimum Gasteiger partial charge on any atom is -0.478 e. The van der Waals surface area contributed by atoms with Crippen LogP contribution in [0, 0.1) is 0 Å². The Kier molecular flexibility index (Phi) is 6.62. The molecule has 0 saturated heterocycles. The molecular weight excluding hydrogens is 436 g/mol. The van der Waals surface area contributed by atoms with Gasteiger partial charge in [0.05, 0.1) is 18.4 Å². The zero-order valence-electron chi connectivity index (χ0n) is 18.9. The van der Waals surface area contributed by atoms with Crippen molar-refractivity contribution in [2.24, 2.45) is 7.05 Å². The molecule has 1 aromatic heterocycles. The SMILES string of the molecule is CC[C@@H](NC(=O)OCC1c2ccccc2-c2ccccc21)C(=O)NCc1c(C(=O)O)cnn1C. The van der Waals surface area contributed by atoms with Gasteiger partial charge in [-0.05, 0) is 28.7 Å². The molecule has 0 saturated carbocycles. The van der Waals surface area contributed by atoms with Gasteiger partial charge in [0, 0.05) is 13.0 Å². The molecule has 0 aliphatic heterocycles. The Morgan fingerprint density at radius 1 is 1.09 bits per heavy atom. The second-order valence-corrected chi connectivity index (χ2v) is 8.08. The summed E-state index contributed by atoms with van der Waals surface area (Å²) in [6.07, 6.45) is 0.888. The van der Waals surface area contributed by atoms with Gasteiger partial charge in [-0.3, -0.25) is 9.48 Å². The molecule has 0 spiro atoms. The van der Waals surface area contributed by atoms with Gasteiger partial charge in [0.25, 0.3) is 0 Å². The topological polar surface area (TPSA) is 123 Å². The molecule has 34 heavy (non-hydrogen) atoms. The van der Waals surface area contributed by atoms with Crippen LogP contribution in [0.2, 0.25) is 0 Å². The molecule has 2 aromatic carbocycles. The highest BCUT2D eigenvalue weighted by molar-refractivity contribution is 5.89. The predicted molar refractivity (Wildman–Crippen MR) is 124 cm³/mol. The first-order valence-electron chi connectivity index (χ1n) is 11.0. The number of alkyl carbamates (subject to hydrolysis) is 1. The van der Waals surface area contributed by atoms with E-state index in [-0.39, 0.29) is 24.6 Å². The summed E-state index contributed by atoms with van der Waals surface area (Å²) in [5, 5.41) is 18.4. The van der Waals surface area contributed by atoms with Crippen molar-refractivity contribution in [3.8, 4) is 11.1 Å². The summed E-state index contributed by atoms with van der Waals surface area (Å²) in [7, 11) is 1.60. The van der Waals surface area contributed by atoms with E-state index in [1.54, 1.807) is 14.0 Å². The summed E-state index contributed by atoms with van der Waals surface area (Å²) in [5.41, 5.74) is 4.85. The number of ether oxygens (including phenoxy) is 1. The number of rotatable bonds is 8. The number of nitrogens with one attached hydrogen (secondary N) is 2. The molecule has 9 heteroatoms. The summed E-state index contributed by atoms with van der Waals surface area (Å²) in [6, 6.07) is 15.3. The lowest BCUT2D eigenvalue weighted by Crippen LogP contribution is -2.46. The van der Waals surface area contributed by atoms with Crippen molar-refractivity contribution in [1.29, 1.82) is 0 Å². The average Bonchev–Trinajstić information content (AvgIpc) is 3.37. The fourth-order valence-corrected chi connectivity index (χ4v) is 4.28. The lowest BCUT2D eigenvalue weighted by molar-refractivity contribution is -0.123. The number of carboxylic acids is 1. The number of benzene rings is 2. The number of carbonyl (C=O) groups excluding carboxylic acids is 2. The number of aromatic nitrogens is 2. The van der Waals surface area contributed by atoms with E-state index in [1.807, 2.05) is 36.4 Å². The molecule has 0 radical (unpaired) electrons. The monoisotopic (exact) mass is 462 g/mol. The van der Waals surface area contributed by atoms with Crippen LogP contribution in [0.1, 0.15) is 46.4 Å². The van der Waals surface area contributed by atoms with E-state index < -0.39 is 24.0 Å². The molecule has 9 nitrogen and oxygen atoms in total. The maximum absolute atomic E-state index is 12.6. The minimum absolute atomic E-state index is 0.0142. The number of hydrogen-bond donors (Lipinski definition) is 3. The van der Waals surface area contributed by atoms with Crippen LogP contribution in [-0.2, 0) is 23.1 Å². The number of fused-ring (bicyclic) bond motifs is 3. The Bertz CT molecular complexity index is 1190. The quantitative estimate of drug-likeness (QED) is 0.473. The number of carboxylic acid groups (broad SMARTS) is 1. The lowest BCUT2D eigenvalue weighted by atomic mass is 9.98. The van der Waals surface area contributed by atoms with Crippen molar-refractivity contribution >= 4 is 18.0 Å².